The molecule has 0 radical (unpaired) electrons. The van der Waals surface area contributed by atoms with Crippen LogP contribution in [0.5, 0.6) is 0 Å². The van der Waals surface area contributed by atoms with Gasteiger partial charge in [-0.2, -0.15) is 26.3 Å². The zero-order valence-corrected chi connectivity index (χ0v) is 16.0. The highest BCUT2D eigenvalue weighted by Gasteiger charge is 2.44. The molecule has 1 aromatic heterocycles. The Morgan fingerprint density at radius 2 is 1.73 bits per heavy atom. The second-order valence-corrected chi connectivity index (χ2v) is 7.78. The number of carbonyl (C=O) groups is 1. The summed E-state index contributed by atoms with van der Waals surface area (Å²) in [5.41, 5.74) is 1.70. The van der Waals surface area contributed by atoms with Crippen molar-refractivity contribution in [3.05, 3.63) is 57.1 Å². The van der Waals surface area contributed by atoms with Crippen molar-refractivity contribution in [1.82, 2.24) is 14.9 Å². The van der Waals surface area contributed by atoms with E-state index in [2.05, 4.69) is 9.97 Å². The molecule has 1 aliphatic heterocycles. The molecule has 1 fully saturated rings. The van der Waals surface area contributed by atoms with Crippen molar-refractivity contribution < 1.29 is 31.1 Å². The molecule has 1 amide bonds. The second kappa shape index (κ2) is 7.11. The first kappa shape index (κ1) is 20.9. The molecule has 0 N–H and O–H groups in total. The Labute approximate surface area is 171 Å². The van der Waals surface area contributed by atoms with Gasteiger partial charge in [-0.1, -0.05) is 23.7 Å². The van der Waals surface area contributed by atoms with Gasteiger partial charge >= 0.3 is 18.3 Å². The molecule has 2 aromatic rings. The number of alkyl halides is 6. The summed E-state index contributed by atoms with van der Waals surface area (Å²) >= 11 is 5.66. The highest BCUT2D eigenvalue weighted by molar-refractivity contribution is 6.30. The lowest BCUT2D eigenvalue weighted by Crippen LogP contribution is -2.37. The van der Waals surface area contributed by atoms with Crippen molar-refractivity contribution >= 4 is 17.5 Å². The zero-order chi connectivity index (χ0) is 21.8. The van der Waals surface area contributed by atoms with Gasteiger partial charge in [0, 0.05) is 25.7 Å². The van der Waals surface area contributed by atoms with Crippen LogP contribution in [0.15, 0.2) is 18.3 Å². The van der Waals surface area contributed by atoms with Gasteiger partial charge in [0.2, 0.25) is 0 Å². The molecule has 1 saturated carbocycles. The summed E-state index contributed by atoms with van der Waals surface area (Å²) in [4.78, 5) is 19.8. The fourth-order valence-corrected chi connectivity index (χ4v) is 3.87. The van der Waals surface area contributed by atoms with Gasteiger partial charge in [0.05, 0.1) is 0 Å². The Bertz CT molecular complexity index is 1020. The average molecular weight is 450 g/mol. The Morgan fingerprint density at radius 3 is 2.27 bits per heavy atom. The Hall–Kier alpha value is -2.36. The molecule has 0 atom stereocenters. The van der Waals surface area contributed by atoms with Gasteiger partial charge in [-0.3, -0.25) is 4.79 Å². The number of carbonyl (C=O) groups excluding carboxylic acids is 1. The van der Waals surface area contributed by atoms with E-state index in [9.17, 15) is 31.1 Å². The number of hydrogen-bond donors (Lipinski definition) is 0. The number of amides is 1. The van der Waals surface area contributed by atoms with Crippen molar-refractivity contribution in [2.75, 3.05) is 0 Å². The minimum absolute atomic E-state index is 0.0797. The molecule has 4 nitrogen and oxygen atoms in total. The first-order valence-corrected chi connectivity index (χ1v) is 9.40. The van der Waals surface area contributed by atoms with E-state index in [1.807, 2.05) is 0 Å². The van der Waals surface area contributed by atoms with E-state index in [-0.39, 0.29) is 31.3 Å². The molecule has 0 saturated heterocycles. The van der Waals surface area contributed by atoms with E-state index >= 15 is 0 Å². The summed E-state index contributed by atoms with van der Waals surface area (Å²) in [5, 5.41) is -0.705. The molecule has 2 aliphatic rings. The smallest absolute Gasteiger partial charge is 0.326 e. The van der Waals surface area contributed by atoms with E-state index in [0.717, 1.165) is 23.3 Å². The first-order valence-electron chi connectivity index (χ1n) is 9.02. The van der Waals surface area contributed by atoms with E-state index in [4.69, 9.17) is 11.6 Å². The number of rotatable bonds is 3. The van der Waals surface area contributed by atoms with E-state index in [1.165, 1.54) is 0 Å². The summed E-state index contributed by atoms with van der Waals surface area (Å²) in [7, 11) is 0. The maximum absolute atomic E-state index is 12.8. The summed E-state index contributed by atoms with van der Waals surface area (Å²) < 4.78 is 76.8. The maximum Gasteiger partial charge on any atom is 0.471 e. The molecule has 11 heteroatoms. The van der Waals surface area contributed by atoms with Gasteiger partial charge in [-0.05, 0) is 41.0 Å². The van der Waals surface area contributed by atoms with E-state index < -0.39 is 29.0 Å². The molecule has 4 rings (SSSR count). The van der Waals surface area contributed by atoms with Gasteiger partial charge in [0.15, 0.2) is 0 Å². The number of fused-ring (bicyclic) bond motifs is 1. The normalized spacial score (nSPS) is 16.7. The van der Waals surface area contributed by atoms with Gasteiger partial charge in [0.1, 0.15) is 16.5 Å². The quantitative estimate of drug-likeness (QED) is 0.488. The molecule has 0 unspecified atom stereocenters. The Kier molecular flexibility index (Phi) is 4.95. The lowest BCUT2D eigenvalue weighted by atomic mass is 9.95. The molecular weight excluding hydrogens is 436 g/mol. The van der Waals surface area contributed by atoms with Crippen LogP contribution < -0.4 is 0 Å². The SMILES string of the molecule is O=C(N1Cc2cc(Cc3ncc(C(F)(F)F)c(Cl)n3)c(C3CC3)cc2C1)C(F)(F)F. The lowest BCUT2D eigenvalue weighted by Gasteiger charge is -2.16. The number of halogens is 7. The van der Waals surface area contributed by atoms with Crippen molar-refractivity contribution in [3.63, 3.8) is 0 Å². The molecular formula is C19H14ClF6N3O. The van der Waals surface area contributed by atoms with Gasteiger partial charge in [-0.15, -0.1) is 0 Å². The van der Waals surface area contributed by atoms with Crippen LogP contribution >= 0.6 is 11.6 Å². The number of aromatic nitrogens is 2. The third-order valence-corrected chi connectivity index (χ3v) is 5.46. The monoisotopic (exact) mass is 449 g/mol. The molecule has 1 aliphatic carbocycles. The Balaban J connectivity index is 1.63. The summed E-state index contributed by atoms with van der Waals surface area (Å²) in [5.74, 6) is -1.59. The highest BCUT2D eigenvalue weighted by atomic mass is 35.5. The van der Waals surface area contributed by atoms with Crippen molar-refractivity contribution in [1.29, 1.82) is 0 Å². The summed E-state index contributed by atoms with van der Waals surface area (Å²) in [6.45, 7) is -0.309. The van der Waals surface area contributed by atoms with Crippen molar-refractivity contribution in [2.45, 2.75) is 50.6 Å². The van der Waals surface area contributed by atoms with E-state index in [1.54, 1.807) is 12.1 Å². The maximum atomic E-state index is 12.8. The summed E-state index contributed by atoms with van der Waals surface area (Å²) in [6, 6.07) is 3.49. The predicted molar refractivity (Wildman–Crippen MR) is 93.6 cm³/mol. The van der Waals surface area contributed by atoms with Crippen LogP contribution in [0.1, 0.15) is 52.4 Å². The van der Waals surface area contributed by atoms with Crippen molar-refractivity contribution in [3.8, 4) is 0 Å². The number of hydrogen-bond acceptors (Lipinski definition) is 3. The van der Waals surface area contributed by atoms with Gasteiger partial charge < -0.3 is 4.90 Å². The second-order valence-electron chi connectivity index (χ2n) is 7.42. The average Bonchev–Trinajstić information content (AvgIpc) is 3.38. The topological polar surface area (TPSA) is 46.1 Å². The van der Waals surface area contributed by atoms with Crippen molar-refractivity contribution in [2.24, 2.45) is 0 Å². The van der Waals surface area contributed by atoms with Crippen LogP contribution in [0.25, 0.3) is 0 Å². The van der Waals surface area contributed by atoms with Gasteiger partial charge in [0.25, 0.3) is 0 Å². The zero-order valence-electron chi connectivity index (χ0n) is 15.2. The first-order chi connectivity index (χ1) is 13.9. The summed E-state index contributed by atoms with van der Waals surface area (Å²) in [6.07, 6.45) is -7.09. The van der Waals surface area contributed by atoms with Crippen LogP contribution in [0.2, 0.25) is 5.15 Å². The minimum Gasteiger partial charge on any atom is -0.326 e. The van der Waals surface area contributed by atoms with Crippen LogP contribution in [-0.2, 0) is 30.5 Å². The van der Waals surface area contributed by atoms with Crippen LogP contribution in [0.3, 0.4) is 0 Å². The van der Waals surface area contributed by atoms with Gasteiger partial charge in [-0.25, -0.2) is 9.97 Å². The minimum atomic E-state index is -4.95. The molecule has 160 valence electrons. The van der Waals surface area contributed by atoms with Crippen LogP contribution in [0, 0.1) is 0 Å². The lowest BCUT2D eigenvalue weighted by molar-refractivity contribution is -0.186. The number of benzene rings is 1. The third kappa shape index (κ3) is 4.10. The van der Waals surface area contributed by atoms with Crippen LogP contribution in [-0.4, -0.2) is 27.0 Å². The molecule has 1 aromatic carbocycles. The highest BCUT2D eigenvalue weighted by Crippen LogP contribution is 2.44. The molecule has 0 spiro atoms. The number of nitrogens with zero attached hydrogens (tertiary/aromatic N) is 3. The third-order valence-electron chi connectivity index (χ3n) is 5.18. The standard InChI is InChI=1S/C19H14ClF6N3O/c20-16-14(18(21,22)23)6-27-15(28-16)5-10-3-11-7-29(17(30)19(24,25)26)8-12(11)4-13(10)9-1-2-9/h3-4,6,9H,1-2,5,7-8H2. The molecule has 30 heavy (non-hydrogen) atoms. The fraction of sp³-hybridized carbons (Fsp3) is 0.421. The van der Waals surface area contributed by atoms with Crippen LogP contribution in [0.4, 0.5) is 26.3 Å². The molecule has 2 heterocycles. The predicted octanol–water partition coefficient (Wildman–Crippen LogP) is 5.02. The fourth-order valence-electron chi connectivity index (χ4n) is 3.61. The Morgan fingerprint density at radius 1 is 1.10 bits per heavy atom. The largest absolute Gasteiger partial charge is 0.471 e. The molecule has 0 bridgehead atoms. The van der Waals surface area contributed by atoms with E-state index in [0.29, 0.717) is 22.9 Å².